The van der Waals surface area contributed by atoms with Gasteiger partial charge in [-0.3, -0.25) is 0 Å². The molecule has 1 aromatic carbocycles. The number of hydrogen-bond acceptors (Lipinski definition) is 4. The molecule has 0 aromatic heterocycles. The number of ether oxygens (including phenoxy) is 1. The first-order valence-corrected chi connectivity index (χ1v) is 6.96. The zero-order valence-corrected chi connectivity index (χ0v) is 12.0. The number of nitrogens with zero attached hydrogens (tertiary/aromatic N) is 1. The van der Waals surface area contributed by atoms with Gasteiger partial charge in [-0.05, 0) is 32.3 Å². The van der Waals surface area contributed by atoms with Gasteiger partial charge in [0, 0.05) is 30.1 Å². The van der Waals surface area contributed by atoms with Gasteiger partial charge in [0.05, 0.1) is 18.8 Å². The normalized spacial score (nSPS) is 23.1. The summed E-state index contributed by atoms with van der Waals surface area (Å²) in [7, 11) is 0. The second kappa shape index (κ2) is 5.70. The average Bonchev–Trinajstić information content (AvgIpc) is 2.68. The van der Waals surface area contributed by atoms with Gasteiger partial charge in [0.15, 0.2) is 0 Å². The van der Waals surface area contributed by atoms with Crippen LogP contribution in [0.25, 0.3) is 0 Å². The third kappa shape index (κ3) is 3.13. The van der Waals surface area contributed by atoms with Crippen molar-refractivity contribution in [1.29, 1.82) is 0 Å². The van der Waals surface area contributed by atoms with Gasteiger partial charge in [-0.1, -0.05) is 6.92 Å². The van der Waals surface area contributed by atoms with E-state index in [9.17, 15) is 5.11 Å². The highest BCUT2D eigenvalue weighted by molar-refractivity contribution is 5.61. The highest BCUT2D eigenvalue weighted by atomic mass is 16.5. The molecule has 1 aliphatic rings. The Morgan fingerprint density at radius 3 is 2.79 bits per heavy atom. The van der Waals surface area contributed by atoms with Crippen molar-refractivity contribution in [2.75, 3.05) is 23.8 Å². The van der Waals surface area contributed by atoms with E-state index in [4.69, 9.17) is 10.5 Å². The van der Waals surface area contributed by atoms with Crippen LogP contribution in [0.15, 0.2) is 18.2 Å². The number of nitrogen functional groups attached to an aromatic ring is 1. The predicted octanol–water partition coefficient (Wildman–Crippen LogP) is 2.26. The molecule has 1 aliphatic heterocycles. The second-order valence-electron chi connectivity index (χ2n) is 5.64. The van der Waals surface area contributed by atoms with Gasteiger partial charge in [-0.25, -0.2) is 0 Å². The van der Waals surface area contributed by atoms with Crippen LogP contribution in [-0.2, 0) is 0 Å². The Hall–Kier alpha value is -1.42. The van der Waals surface area contributed by atoms with Crippen LogP contribution in [0.3, 0.4) is 0 Å². The molecule has 0 spiro atoms. The summed E-state index contributed by atoms with van der Waals surface area (Å²) >= 11 is 0. The van der Waals surface area contributed by atoms with E-state index < -0.39 is 0 Å². The molecule has 1 heterocycles. The molecule has 1 fully saturated rings. The molecule has 106 valence electrons. The van der Waals surface area contributed by atoms with E-state index in [1.54, 1.807) is 0 Å². The standard InChI is InChI=1S/C15H24N2O2/c1-10(2)19-14-7-12(16)6-13(8-14)17-5-4-11(3)15(17)9-18/h6-8,10-11,15,18H,4-5,9,16H2,1-3H3. The lowest BCUT2D eigenvalue weighted by Gasteiger charge is -2.28. The van der Waals surface area contributed by atoms with E-state index in [-0.39, 0.29) is 18.8 Å². The molecule has 4 nitrogen and oxygen atoms in total. The minimum Gasteiger partial charge on any atom is -0.491 e. The van der Waals surface area contributed by atoms with Gasteiger partial charge < -0.3 is 20.5 Å². The number of benzene rings is 1. The molecule has 0 radical (unpaired) electrons. The lowest BCUT2D eigenvalue weighted by atomic mass is 10.0. The minimum absolute atomic E-state index is 0.126. The smallest absolute Gasteiger partial charge is 0.123 e. The maximum atomic E-state index is 9.55. The van der Waals surface area contributed by atoms with Crippen molar-refractivity contribution in [3.63, 3.8) is 0 Å². The highest BCUT2D eigenvalue weighted by Gasteiger charge is 2.30. The van der Waals surface area contributed by atoms with Crippen LogP contribution in [0.5, 0.6) is 5.75 Å². The Kier molecular flexibility index (Phi) is 4.20. The minimum atomic E-state index is 0.126. The topological polar surface area (TPSA) is 58.7 Å². The van der Waals surface area contributed by atoms with E-state index in [1.807, 2.05) is 32.0 Å². The fraction of sp³-hybridized carbons (Fsp3) is 0.600. The fourth-order valence-corrected chi connectivity index (χ4v) is 2.72. The van der Waals surface area contributed by atoms with Gasteiger partial charge in [0.2, 0.25) is 0 Å². The van der Waals surface area contributed by atoms with Crippen LogP contribution in [0.2, 0.25) is 0 Å². The third-order valence-electron chi connectivity index (χ3n) is 3.69. The van der Waals surface area contributed by atoms with E-state index in [1.165, 1.54) is 0 Å². The monoisotopic (exact) mass is 264 g/mol. The fourth-order valence-electron chi connectivity index (χ4n) is 2.72. The Bertz CT molecular complexity index is 434. The molecule has 1 saturated heterocycles. The lowest BCUT2D eigenvalue weighted by molar-refractivity contribution is 0.240. The molecule has 2 unspecified atom stereocenters. The molecule has 0 aliphatic carbocycles. The number of nitrogens with two attached hydrogens (primary N) is 1. The van der Waals surface area contributed by atoms with Gasteiger partial charge in [0.1, 0.15) is 5.75 Å². The van der Waals surface area contributed by atoms with E-state index in [0.29, 0.717) is 11.6 Å². The van der Waals surface area contributed by atoms with Crippen LogP contribution < -0.4 is 15.4 Å². The molecule has 4 heteroatoms. The van der Waals surface area contributed by atoms with Crippen LogP contribution in [0.4, 0.5) is 11.4 Å². The molecule has 2 rings (SSSR count). The van der Waals surface area contributed by atoms with Crippen molar-refractivity contribution in [3.8, 4) is 5.75 Å². The van der Waals surface area contributed by atoms with Gasteiger partial charge in [-0.15, -0.1) is 0 Å². The molecule has 19 heavy (non-hydrogen) atoms. The van der Waals surface area contributed by atoms with Crippen LogP contribution in [0, 0.1) is 5.92 Å². The largest absolute Gasteiger partial charge is 0.491 e. The van der Waals surface area contributed by atoms with Crippen molar-refractivity contribution in [2.45, 2.75) is 39.3 Å². The van der Waals surface area contributed by atoms with Crippen molar-refractivity contribution >= 4 is 11.4 Å². The molecule has 3 N–H and O–H groups in total. The maximum absolute atomic E-state index is 9.55. The number of aliphatic hydroxyl groups is 1. The Morgan fingerprint density at radius 2 is 2.16 bits per heavy atom. The molecule has 0 bridgehead atoms. The van der Waals surface area contributed by atoms with E-state index in [0.717, 1.165) is 24.4 Å². The molecule has 0 saturated carbocycles. The summed E-state index contributed by atoms with van der Waals surface area (Å²) in [6.45, 7) is 7.31. The zero-order valence-electron chi connectivity index (χ0n) is 12.0. The predicted molar refractivity (Wildman–Crippen MR) is 78.6 cm³/mol. The number of aliphatic hydroxyl groups excluding tert-OH is 1. The summed E-state index contributed by atoms with van der Waals surface area (Å²) < 4.78 is 5.72. The molecule has 0 amide bonds. The summed E-state index contributed by atoms with van der Waals surface area (Å²) in [6.07, 6.45) is 1.22. The van der Waals surface area contributed by atoms with Gasteiger partial charge in [0.25, 0.3) is 0 Å². The number of anilines is 2. The maximum Gasteiger partial charge on any atom is 0.123 e. The molecule has 2 atom stereocenters. The summed E-state index contributed by atoms with van der Waals surface area (Å²) in [5.74, 6) is 1.29. The third-order valence-corrected chi connectivity index (χ3v) is 3.69. The average molecular weight is 264 g/mol. The summed E-state index contributed by atoms with van der Waals surface area (Å²) in [4.78, 5) is 2.23. The number of rotatable bonds is 4. The van der Waals surface area contributed by atoms with Crippen molar-refractivity contribution in [1.82, 2.24) is 0 Å². The van der Waals surface area contributed by atoms with E-state index >= 15 is 0 Å². The summed E-state index contributed by atoms with van der Waals surface area (Å²) in [6, 6.07) is 5.98. The highest BCUT2D eigenvalue weighted by Crippen LogP contribution is 2.33. The molecular weight excluding hydrogens is 240 g/mol. The Morgan fingerprint density at radius 1 is 1.42 bits per heavy atom. The number of hydrogen-bond donors (Lipinski definition) is 2. The first-order chi connectivity index (χ1) is 9.01. The zero-order chi connectivity index (χ0) is 14.0. The van der Waals surface area contributed by atoms with Crippen molar-refractivity contribution < 1.29 is 9.84 Å². The van der Waals surface area contributed by atoms with Gasteiger partial charge >= 0.3 is 0 Å². The summed E-state index contributed by atoms with van der Waals surface area (Å²) in [5.41, 5.74) is 7.69. The second-order valence-corrected chi connectivity index (χ2v) is 5.64. The quantitative estimate of drug-likeness (QED) is 0.819. The molecule has 1 aromatic rings. The first-order valence-electron chi connectivity index (χ1n) is 6.96. The summed E-state index contributed by atoms with van der Waals surface area (Å²) in [5, 5.41) is 9.55. The van der Waals surface area contributed by atoms with Crippen molar-refractivity contribution in [2.24, 2.45) is 5.92 Å². The van der Waals surface area contributed by atoms with Crippen LogP contribution in [-0.4, -0.2) is 30.4 Å². The Labute approximate surface area is 115 Å². The SMILES string of the molecule is CC(C)Oc1cc(N)cc(N2CCC(C)C2CO)c1. The first kappa shape index (κ1) is 14.0. The van der Waals surface area contributed by atoms with Crippen LogP contribution >= 0.6 is 0 Å². The van der Waals surface area contributed by atoms with Gasteiger partial charge in [-0.2, -0.15) is 0 Å². The van der Waals surface area contributed by atoms with Crippen molar-refractivity contribution in [3.05, 3.63) is 18.2 Å². The lowest BCUT2D eigenvalue weighted by Crippen LogP contribution is -2.35. The molecular formula is C15H24N2O2. The van der Waals surface area contributed by atoms with Crippen LogP contribution in [0.1, 0.15) is 27.2 Å². The van der Waals surface area contributed by atoms with E-state index in [2.05, 4.69) is 11.8 Å². The Balaban J connectivity index is 2.26.